The van der Waals surface area contributed by atoms with E-state index in [1.54, 1.807) is 6.07 Å². The number of ether oxygens (including phenoxy) is 1. The Balaban J connectivity index is 2.51. The Kier molecular flexibility index (Phi) is 4.90. The summed E-state index contributed by atoms with van der Waals surface area (Å²) in [6.45, 7) is 3.58. The average Bonchev–Trinajstić information content (AvgIpc) is 2.19. The highest BCUT2D eigenvalue weighted by Crippen LogP contribution is 2.28. The molecule has 0 aliphatic carbocycles. The van der Waals surface area contributed by atoms with Crippen LogP contribution < -0.4 is 10.5 Å². The van der Waals surface area contributed by atoms with Crippen molar-refractivity contribution in [2.24, 2.45) is 0 Å². The molecule has 0 unspecified atom stereocenters. The molecule has 1 aromatic rings. The summed E-state index contributed by atoms with van der Waals surface area (Å²) < 4.78 is 5.59. The van der Waals surface area contributed by atoms with Crippen LogP contribution in [0.5, 0.6) is 5.75 Å². The highest BCUT2D eigenvalue weighted by molar-refractivity contribution is 6.31. The van der Waals surface area contributed by atoms with E-state index in [9.17, 15) is 0 Å². The first-order valence-corrected chi connectivity index (χ1v) is 5.71. The number of nitrogens with two attached hydrogens (primary N) is 1. The molecule has 90 valence electrons. The van der Waals surface area contributed by atoms with E-state index >= 15 is 0 Å². The lowest BCUT2D eigenvalue weighted by Crippen LogP contribution is -2.15. The van der Waals surface area contributed by atoms with E-state index in [1.807, 2.05) is 27.1 Å². The van der Waals surface area contributed by atoms with Gasteiger partial charge in [-0.1, -0.05) is 11.6 Å². The molecule has 1 rings (SSSR count). The zero-order valence-electron chi connectivity index (χ0n) is 10.1. The van der Waals surface area contributed by atoms with Gasteiger partial charge in [0.05, 0.1) is 12.3 Å². The van der Waals surface area contributed by atoms with E-state index in [-0.39, 0.29) is 0 Å². The Bertz CT molecular complexity index is 353. The van der Waals surface area contributed by atoms with Crippen LogP contribution in [0, 0.1) is 6.92 Å². The third kappa shape index (κ3) is 3.91. The van der Waals surface area contributed by atoms with E-state index in [0.29, 0.717) is 23.1 Å². The zero-order chi connectivity index (χ0) is 12.1. The third-order valence-corrected chi connectivity index (χ3v) is 2.71. The second-order valence-electron chi connectivity index (χ2n) is 4.14. The van der Waals surface area contributed by atoms with E-state index < -0.39 is 0 Å². The number of nitrogen functional groups attached to an aromatic ring is 1. The summed E-state index contributed by atoms with van der Waals surface area (Å²) in [6, 6.07) is 3.62. The Labute approximate surface area is 102 Å². The Morgan fingerprint density at radius 2 is 2.06 bits per heavy atom. The fourth-order valence-corrected chi connectivity index (χ4v) is 1.53. The number of halogens is 1. The minimum atomic E-state index is 0.645. The van der Waals surface area contributed by atoms with Crippen molar-refractivity contribution in [2.45, 2.75) is 13.3 Å². The maximum absolute atomic E-state index is 6.01. The largest absolute Gasteiger partial charge is 0.491 e. The van der Waals surface area contributed by atoms with Crippen molar-refractivity contribution in [1.29, 1.82) is 0 Å². The zero-order valence-corrected chi connectivity index (χ0v) is 10.8. The number of hydrogen-bond donors (Lipinski definition) is 1. The molecule has 0 heterocycles. The Morgan fingerprint density at radius 3 is 2.69 bits per heavy atom. The minimum Gasteiger partial charge on any atom is -0.491 e. The quantitative estimate of drug-likeness (QED) is 0.637. The maximum atomic E-state index is 6.01. The first-order chi connectivity index (χ1) is 7.50. The summed E-state index contributed by atoms with van der Waals surface area (Å²) in [4.78, 5) is 2.12. The van der Waals surface area contributed by atoms with E-state index in [0.717, 1.165) is 18.5 Å². The van der Waals surface area contributed by atoms with Crippen molar-refractivity contribution in [3.05, 3.63) is 22.7 Å². The molecule has 0 saturated heterocycles. The molecule has 0 radical (unpaired) electrons. The van der Waals surface area contributed by atoms with E-state index in [4.69, 9.17) is 22.1 Å². The SMILES string of the molecule is Cc1cc(N)c(OCCCN(C)C)cc1Cl. The fraction of sp³-hybridized carbons (Fsp3) is 0.500. The van der Waals surface area contributed by atoms with Gasteiger partial charge in [-0.25, -0.2) is 0 Å². The van der Waals surface area contributed by atoms with Gasteiger partial charge in [-0.2, -0.15) is 0 Å². The molecule has 2 N–H and O–H groups in total. The van der Waals surface area contributed by atoms with Crippen molar-refractivity contribution in [3.8, 4) is 5.75 Å². The van der Waals surface area contributed by atoms with Crippen molar-refractivity contribution < 1.29 is 4.74 Å². The van der Waals surface area contributed by atoms with Crippen LogP contribution in [-0.4, -0.2) is 32.1 Å². The Morgan fingerprint density at radius 1 is 1.38 bits per heavy atom. The lowest BCUT2D eigenvalue weighted by atomic mass is 10.2. The second-order valence-corrected chi connectivity index (χ2v) is 4.55. The van der Waals surface area contributed by atoms with Crippen LogP contribution in [-0.2, 0) is 0 Å². The topological polar surface area (TPSA) is 38.5 Å². The number of anilines is 1. The molecule has 0 spiro atoms. The standard InChI is InChI=1S/C12H19ClN2O/c1-9-7-11(14)12(8-10(9)13)16-6-4-5-15(2)3/h7-8H,4-6,14H2,1-3H3. The van der Waals surface area contributed by atoms with E-state index in [2.05, 4.69) is 4.90 Å². The van der Waals surface area contributed by atoms with Gasteiger partial charge < -0.3 is 15.4 Å². The molecule has 4 heteroatoms. The molecule has 0 aromatic heterocycles. The molecule has 16 heavy (non-hydrogen) atoms. The summed E-state index contributed by atoms with van der Waals surface area (Å²) in [7, 11) is 4.08. The van der Waals surface area contributed by atoms with Gasteiger partial charge in [0.2, 0.25) is 0 Å². The van der Waals surface area contributed by atoms with Gasteiger partial charge in [-0.15, -0.1) is 0 Å². The van der Waals surface area contributed by atoms with Crippen LogP contribution in [0.3, 0.4) is 0 Å². The van der Waals surface area contributed by atoms with Gasteiger partial charge >= 0.3 is 0 Å². The monoisotopic (exact) mass is 242 g/mol. The van der Waals surface area contributed by atoms with Gasteiger partial charge in [-0.05, 0) is 39.1 Å². The molecular weight excluding hydrogens is 224 g/mol. The molecule has 0 amide bonds. The maximum Gasteiger partial charge on any atom is 0.143 e. The number of hydrogen-bond acceptors (Lipinski definition) is 3. The highest BCUT2D eigenvalue weighted by Gasteiger charge is 2.04. The van der Waals surface area contributed by atoms with Crippen molar-refractivity contribution in [1.82, 2.24) is 4.90 Å². The first-order valence-electron chi connectivity index (χ1n) is 5.34. The van der Waals surface area contributed by atoms with E-state index in [1.165, 1.54) is 0 Å². The molecular formula is C12H19ClN2O. The van der Waals surface area contributed by atoms with Crippen LogP contribution in [0.15, 0.2) is 12.1 Å². The van der Waals surface area contributed by atoms with Gasteiger partial charge in [-0.3, -0.25) is 0 Å². The van der Waals surface area contributed by atoms with Gasteiger partial charge in [0.25, 0.3) is 0 Å². The van der Waals surface area contributed by atoms with Crippen LogP contribution in [0.4, 0.5) is 5.69 Å². The van der Waals surface area contributed by atoms with Gasteiger partial charge in [0.1, 0.15) is 5.75 Å². The molecule has 0 atom stereocenters. The van der Waals surface area contributed by atoms with Crippen LogP contribution in [0.1, 0.15) is 12.0 Å². The van der Waals surface area contributed by atoms with Crippen LogP contribution >= 0.6 is 11.6 Å². The number of benzene rings is 1. The van der Waals surface area contributed by atoms with Gasteiger partial charge in [0, 0.05) is 17.6 Å². The first kappa shape index (κ1) is 13.1. The summed E-state index contributed by atoms with van der Waals surface area (Å²) in [5, 5.41) is 0.691. The predicted molar refractivity (Wildman–Crippen MR) is 69.3 cm³/mol. The predicted octanol–water partition coefficient (Wildman–Crippen LogP) is 2.56. The van der Waals surface area contributed by atoms with Crippen LogP contribution in [0.25, 0.3) is 0 Å². The Hall–Kier alpha value is -0.930. The number of rotatable bonds is 5. The fourth-order valence-electron chi connectivity index (χ4n) is 1.37. The normalized spacial score (nSPS) is 10.8. The van der Waals surface area contributed by atoms with Crippen molar-refractivity contribution in [3.63, 3.8) is 0 Å². The number of aryl methyl sites for hydroxylation is 1. The number of nitrogens with zero attached hydrogens (tertiary/aromatic N) is 1. The summed E-state index contributed by atoms with van der Waals surface area (Å²) in [5.74, 6) is 0.675. The summed E-state index contributed by atoms with van der Waals surface area (Å²) in [6.07, 6.45) is 0.970. The van der Waals surface area contributed by atoms with Crippen molar-refractivity contribution >= 4 is 17.3 Å². The molecule has 0 bridgehead atoms. The lowest BCUT2D eigenvalue weighted by Gasteiger charge is -2.12. The molecule has 0 aliphatic rings. The molecule has 0 fully saturated rings. The summed E-state index contributed by atoms with van der Waals surface area (Å²) in [5.41, 5.74) is 7.46. The van der Waals surface area contributed by atoms with Gasteiger partial charge in [0.15, 0.2) is 0 Å². The second kappa shape index (κ2) is 5.97. The lowest BCUT2D eigenvalue weighted by molar-refractivity contribution is 0.283. The molecule has 0 aliphatic heterocycles. The smallest absolute Gasteiger partial charge is 0.143 e. The van der Waals surface area contributed by atoms with Crippen LogP contribution in [0.2, 0.25) is 5.02 Å². The minimum absolute atomic E-state index is 0.645. The molecule has 3 nitrogen and oxygen atoms in total. The summed E-state index contributed by atoms with van der Waals surface area (Å²) >= 11 is 6.01. The molecule has 0 saturated carbocycles. The average molecular weight is 243 g/mol. The third-order valence-electron chi connectivity index (χ3n) is 2.30. The highest BCUT2D eigenvalue weighted by atomic mass is 35.5. The van der Waals surface area contributed by atoms with Crippen molar-refractivity contribution in [2.75, 3.05) is 33.0 Å². The molecule has 1 aromatic carbocycles.